The SMILES string of the molecule is Cc1ccccc1NC(=O)N(CCOC1CCCC(OCc2cccc(C)c2C(=O)O)C1)CCC(C)(C)C. The van der Waals surface area contributed by atoms with Gasteiger partial charge in [-0.3, -0.25) is 0 Å². The van der Waals surface area contributed by atoms with Crippen molar-refractivity contribution in [2.75, 3.05) is 25.0 Å². The Morgan fingerprint density at radius 1 is 0.974 bits per heavy atom. The number of nitrogens with zero attached hydrogens (tertiary/aromatic N) is 1. The van der Waals surface area contributed by atoms with E-state index in [0.29, 0.717) is 30.8 Å². The largest absolute Gasteiger partial charge is 0.478 e. The first-order chi connectivity index (χ1) is 18.0. The monoisotopic (exact) mass is 524 g/mol. The van der Waals surface area contributed by atoms with Gasteiger partial charge >= 0.3 is 12.0 Å². The summed E-state index contributed by atoms with van der Waals surface area (Å²) in [5.41, 5.74) is 3.75. The number of amides is 2. The number of nitrogens with one attached hydrogen (secondary N) is 1. The summed E-state index contributed by atoms with van der Waals surface area (Å²) < 4.78 is 12.4. The molecule has 0 saturated heterocycles. The van der Waals surface area contributed by atoms with Gasteiger partial charge in [-0.25, -0.2) is 9.59 Å². The molecule has 0 spiro atoms. The number of anilines is 1. The summed E-state index contributed by atoms with van der Waals surface area (Å²) in [6.07, 6.45) is 4.64. The lowest BCUT2D eigenvalue weighted by molar-refractivity contribution is -0.0524. The Morgan fingerprint density at radius 3 is 2.34 bits per heavy atom. The first-order valence-electron chi connectivity index (χ1n) is 13.7. The second kappa shape index (κ2) is 13.8. The van der Waals surface area contributed by atoms with Gasteiger partial charge in [-0.2, -0.15) is 0 Å². The van der Waals surface area contributed by atoms with Crippen molar-refractivity contribution in [2.45, 2.75) is 85.5 Å². The van der Waals surface area contributed by atoms with Gasteiger partial charge in [0.2, 0.25) is 0 Å². The molecular formula is C31H44N2O5. The van der Waals surface area contributed by atoms with E-state index in [-0.39, 0.29) is 30.3 Å². The number of aromatic carboxylic acids is 1. The van der Waals surface area contributed by atoms with Gasteiger partial charge in [-0.1, -0.05) is 57.2 Å². The lowest BCUT2D eigenvalue weighted by Crippen LogP contribution is -2.40. The number of benzene rings is 2. The fourth-order valence-corrected chi connectivity index (χ4v) is 4.79. The summed E-state index contributed by atoms with van der Waals surface area (Å²) in [6.45, 7) is 12.2. The molecule has 0 bridgehead atoms. The van der Waals surface area contributed by atoms with Crippen molar-refractivity contribution in [2.24, 2.45) is 5.41 Å². The Balaban J connectivity index is 1.52. The molecule has 0 aliphatic heterocycles. The maximum Gasteiger partial charge on any atom is 0.336 e. The van der Waals surface area contributed by atoms with Gasteiger partial charge < -0.3 is 24.8 Å². The number of para-hydroxylation sites is 1. The van der Waals surface area contributed by atoms with Gasteiger partial charge in [0.25, 0.3) is 0 Å². The molecule has 0 radical (unpaired) electrons. The third-order valence-corrected chi connectivity index (χ3v) is 7.15. The van der Waals surface area contributed by atoms with Crippen LogP contribution in [0.5, 0.6) is 0 Å². The normalized spacial score (nSPS) is 17.7. The predicted molar refractivity (Wildman–Crippen MR) is 151 cm³/mol. The number of carboxylic acid groups (broad SMARTS) is 1. The molecule has 2 aromatic carbocycles. The number of carbonyl (C=O) groups excluding carboxylic acids is 1. The molecule has 3 rings (SSSR count). The molecule has 1 saturated carbocycles. The highest BCUT2D eigenvalue weighted by Gasteiger charge is 2.25. The summed E-state index contributed by atoms with van der Waals surface area (Å²) in [6, 6.07) is 13.2. The van der Waals surface area contributed by atoms with Gasteiger partial charge in [0, 0.05) is 18.8 Å². The zero-order chi connectivity index (χ0) is 27.7. The molecule has 2 unspecified atom stereocenters. The van der Waals surface area contributed by atoms with Crippen LogP contribution >= 0.6 is 0 Å². The number of ether oxygens (including phenoxy) is 2. The Kier molecular flexibility index (Phi) is 10.7. The van der Waals surface area contributed by atoms with Crippen LogP contribution in [0.1, 0.15) is 79.9 Å². The molecule has 1 aliphatic rings. The van der Waals surface area contributed by atoms with E-state index in [0.717, 1.165) is 48.9 Å². The lowest BCUT2D eigenvalue weighted by Gasteiger charge is -2.31. The van der Waals surface area contributed by atoms with Gasteiger partial charge in [0.05, 0.1) is 31.0 Å². The Hall–Kier alpha value is -2.90. The quantitative estimate of drug-likeness (QED) is 0.337. The maximum atomic E-state index is 13.1. The molecular weight excluding hydrogens is 480 g/mol. The third-order valence-electron chi connectivity index (χ3n) is 7.15. The molecule has 2 aromatic rings. The van der Waals surface area contributed by atoms with Crippen molar-refractivity contribution in [1.82, 2.24) is 4.90 Å². The third kappa shape index (κ3) is 9.14. The Bertz CT molecular complexity index is 1080. The highest BCUT2D eigenvalue weighted by Crippen LogP contribution is 2.26. The van der Waals surface area contributed by atoms with Crippen molar-refractivity contribution in [3.8, 4) is 0 Å². The topological polar surface area (TPSA) is 88.1 Å². The second-order valence-electron chi connectivity index (χ2n) is 11.5. The molecule has 7 nitrogen and oxygen atoms in total. The van der Waals surface area contributed by atoms with Crippen LogP contribution in [-0.4, -0.2) is 53.9 Å². The van der Waals surface area contributed by atoms with Crippen molar-refractivity contribution >= 4 is 17.7 Å². The van der Waals surface area contributed by atoms with E-state index < -0.39 is 5.97 Å². The molecule has 7 heteroatoms. The predicted octanol–water partition coefficient (Wildman–Crippen LogP) is 6.82. The molecule has 1 fully saturated rings. The fourth-order valence-electron chi connectivity index (χ4n) is 4.79. The fraction of sp³-hybridized carbons (Fsp3) is 0.548. The Morgan fingerprint density at radius 2 is 1.66 bits per heavy atom. The zero-order valence-electron chi connectivity index (χ0n) is 23.6. The number of urea groups is 1. The molecule has 0 aromatic heterocycles. The average Bonchev–Trinajstić information content (AvgIpc) is 2.85. The average molecular weight is 525 g/mol. The van der Waals surface area contributed by atoms with E-state index in [1.165, 1.54) is 0 Å². The number of rotatable bonds is 11. The van der Waals surface area contributed by atoms with Gasteiger partial charge in [-0.15, -0.1) is 0 Å². The van der Waals surface area contributed by atoms with Crippen LogP contribution in [0.15, 0.2) is 42.5 Å². The highest BCUT2D eigenvalue weighted by molar-refractivity contribution is 5.91. The van der Waals surface area contributed by atoms with Crippen molar-refractivity contribution in [1.29, 1.82) is 0 Å². The number of carbonyl (C=O) groups is 2. The summed E-state index contributed by atoms with van der Waals surface area (Å²) in [5, 5.41) is 12.6. The van der Waals surface area contributed by atoms with Gasteiger partial charge in [0.1, 0.15) is 0 Å². The molecule has 38 heavy (non-hydrogen) atoms. The minimum atomic E-state index is -0.922. The first kappa shape index (κ1) is 29.7. The molecule has 2 amide bonds. The molecule has 2 N–H and O–H groups in total. The van der Waals surface area contributed by atoms with Crippen molar-refractivity contribution in [3.05, 3.63) is 64.7 Å². The molecule has 0 heterocycles. The van der Waals surface area contributed by atoms with E-state index in [4.69, 9.17) is 9.47 Å². The Labute approximate surface area is 227 Å². The van der Waals surface area contributed by atoms with Crippen LogP contribution < -0.4 is 5.32 Å². The summed E-state index contributed by atoms with van der Waals surface area (Å²) >= 11 is 0. The van der Waals surface area contributed by atoms with Crippen molar-refractivity contribution in [3.63, 3.8) is 0 Å². The maximum absolute atomic E-state index is 13.1. The van der Waals surface area contributed by atoms with Crippen LogP contribution in [-0.2, 0) is 16.1 Å². The molecule has 1 aliphatic carbocycles. The minimum Gasteiger partial charge on any atom is -0.478 e. The van der Waals surface area contributed by atoms with Crippen LogP contribution in [0.25, 0.3) is 0 Å². The number of carboxylic acids is 1. The highest BCUT2D eigenvalue weighted by atomic mass is 16.5. The van der Waals surface area contributed by atoms with E-state index in [9.17, 15) is 14.7 Å². The van der Waals surface area contributed by atoms with Gasteiger partial charge in [-0.05, 0) is 74.1 Å². The summed E-state index contributed by atoms with van der Waals surface area (Å²) in [4.78, 5) is 26.7. The number of aryl methyl sites for hydroxylation is 2. The van der Waals surface area contributed by atoms with E-state index in [1.54, 1.807) is 0 Å². The smallest absolute Gasteiger partial charge is 0.336 e. The zero-order valence-corrected chi connectivity index (χ0v) is 23.6. The van der Waals surface area contributed by atoms with E-state index in [2.05, 4.69) is 26.1 Å². The van der Waals surface area contributed by atoms with E-state index >= 15 is 0 Å². The van der Waals surface area contributed by atoms with Crippen LogP contribution in [0.4, 0.5) is 10.5 Å². The molecule has 2 atom stereocenters. The minimum absolute atomic E-state index is 0.0252. The number of hydrogen-bond donors (Lipinski definition) is 2. The lowest BCUT2D eigenvalue weighted by atomic mass is 9.92. The van der Waals surface area contributed by atoms with Crippen LogP contribution in [0, 0.1) is 19.3 Å². The first-order valence-corrected chi connectivity index (χ1v) is 13.7. The summed E-state index contributed by atoms with van der Waals surface area (Å²) in [7, 11) is 0. The summed E-state index contributed by atoms with van der Waals surface area (Å²) in [5.74, 6) is -0.922. The number of hydrogen-bond acceptors (Lipinski definition) is 4. The van der Waals surface area contributed by atoms with Crippen LogP contribution in [0.2, 0.25) is 0 Å². The molecule has 208 valence electrons. The second-order valence-corrected chi connectivity index (χ2v) is 11.5. The van der Waals surface area contributed by atoms with Crippen molar-refractivity contribution < 1.29 is 24.2 Å². The standard InChI is InChI=1S/C31H44N2O5/c1-22-10-6-7-15-27(22)32-30(36)33(17-16-31(3,4)5)18-19-37-25-13-9-14-26(20-25)38-21-24-12-8-11-23(2)28(24)29(34)35/h6-8,10-12,15,25-26H,9,13-14,16-21H2,1-5H3,(H,32,36)(H,34,35). The van der Waals surface area contributed by atoms with Crippen LogP contribution in [0.3, 0.4) is 0 Å². The van der Waals surface area contributed by atoms with E-state index in [1.807, 2.05) is 61.2 Å². The van der Waals surface area contributed by atoms with Gasteiger partial charge in [0.15, 0.2) is 0 Å².